The maximum Gasteiger partial charge on any atom is 0.262 e. The van der Waals surface area contributed by atoms with E-state index >= 15 is 0 Å². The zero-order chi connectivity index (χ0) is 88.3. The van der Waals surface area contributed by atoms with Crippen molar-refractivity contribution in [1.82, 2.24) is 78.7 Å². The molecule has 0 bridgehead atoms. The van der Waals surface area contributed by atoms with Crippen molar-refractivity contribution in [2.45, 2.75) is 119 Å². The Labute approximate surface area is 714 Å². The molecular weight excluding hydrogens is 1560 g/mol. The molecule has 0 spiro atoms. The molecule has 0 saturated carbocycles. The Kier molecular flexibility index (Phi) is 29.9. The highest BCUT2D eigenvalue weighted by atomic mass is 16.5. The number of aliphatic hydroxyl groups is 1. The van der Waals surface area contributed by atoms with E-state index in [4.69, 9.17) is 38.1 Å². The summed E-state index contributed by atoms with van der Waals surface area (Å²) in [6.45, 7) is 19.7. The van der Waals surface area contributed by atoms with Crippen LogP contribution in [0.4, 0.5) is 0 Å². The van der Waals surface area contributed by atoms with Crippen molar-refractivity contribution in [3.05, 3.63) is 229 Å². The zero-order valence-electron chi connectivity index (χ0n) is 71.5. The zero-order valence-corrected chi connectivity index (χ0v) is 71.5. The molecule has 0 aliphatic rings. The molecule has 16 N–H and O–H groups in total. The maximum absolute atomic E-state index is 13.0. The van der Waals surface area contributed by atoms with Crippen LogP contribution in [0, 0.1) is 93.8 Å². The molecule has 0 amide bonds. The lowest BCUT2D eigenvalue weighted by atomic mass is 10.1. The molecule has 6 aromatic carbocycles. The van der Waals surface area contributed by atoms with Crippen molar-refractivity contribution in [3.63, 3.8) is 0 Å². The molecular formula is C95H103N21O8. The number of pyridine rings is 5. The fourth-order valence-corrected chi connectivity index (χ4v) is 14.8. The number of benzene rings is 6. The Hall–Kier alpha value is -14.0. The van der Waals surface area contributed by atoms with Crippen LogP contribution in [-0.4, -0.2) is 164 Å². The second kappa shape index (κ2) is 41.5. The van der Waals surface area contributed by atoms with E-state index in [0.717, 1.165) is 149 Å². The van der Waals surface area contributed by atoms with Crippen molar-refractivity contribution < 1.29 is 14.6 Å². The van der Waals surface area contributed by atoms with Crippen LogP contribution in [0.5, 0.6) is 5.75 Å². The Morgan fingerprint density at radius 1 is 0.395 bits per heavy atom. The van der Waals surface area contributed by atoms with Crippen LogP contribution in [0.15, 0.2) is 145 Å². The molecule has 1 atom stereocenters. The number of hydrogen-bond donors (Lipinski definition) is 11. The third-order valence-corrected chi connectivity index (χ3v) is 20.7. The van der Waals surface area contributed by atoms with Crippen molar-refractivity contribution >= 4 is 109 Å². The smallest absolute Gasteiger partial charge is 0.262 e. The monoisotopic (exact) mass is 1670 g/mol. The van der Waals surface area contributed by atoms with Gasteiger partial charge in [-0.1, -0.05) is 71.5 Å². The third kappa shape index (κ3) is 19.8. The van der Waals surface area contributed by atoms with Crippen LogP contribution in [0.25, 0.3) is 109 Å². The first-order valence-corrected chi connectivity index (χ1v) is 41.1. The number of para-hydroxylation sites is 1. The lowest BCUT2D eigenvalue weighted by Gasteiger charge is -2.11. The molecule has 0 aliphatic carbocycles. The lowest BCUT2D eigenvalue weighted by Crippen LogP contribution is -2.22. The minimum absolute atomic E-state index is 0.0171. The second-order valence-corrected chi connectivity index (χ2v) is 30.0. The number of aryl methyl sites for hydroxylation is 10. The number of fused-ring (bicyclic) bond motifs is 15. The molecule has 0 fully saturated rings. The van der Waals surface area contributed by atoms with Gasteiger partial charge in [0.15, 0.2) is 0 Å². The minimum atomic E-state index is -0.688. The van der Waals surface area contributed by atoms with Crippen LogP contribution >= 0.6 is 0 Å². The Morgan fingerprint density at radius 2 is 0.669 bits per heavy atom. The molecule has 0 saturated heterocycles. The SMILES string of the molecule is CC#Cc1ccc2c(c1)c1n[nH]c(C)c1c(=O)n2CCCN.COCC#Cc1ccc2c(c1)c1n[nH]c(C)c1c(=O)n2CCCN.Cc1[nH]nc2c1c(=O)n(CCCN)c1ccc(C#CC(C)O)cc21.Cc1[nH]nc2c1c(=O)n(CCCN)c1ccc(C#CCN(C)C)cc21.Cc1[nH]nc2c1c(=O)n(CCCN)c1ccc(C#CCOc3ccccc3)cc21. The minimum Gasteiger partial charge on any atom is -0.481 e. The molecule has 29 heteroatoms. The first-order chi connectivity index (χ1) is 60.1. The number of H-pyrrole nitrogens is 5. The Balaban J connectivity index is 0.000000142. The van der Waals surface area contributed by atoms with Gasteiger partial charge in [-0.15, -0.1) is 5.92 Å². The van der Waals surface area contributed by atoms with E-state index in [9.17, 15) is 29.1 Å². The number of aliphatic hydroxyl groups excluding tert-OH is 1. The van der Waals surface area contributed by atoms with Gasteiger partial charge in [0.2, 0.25) is 0 Å². The number of aromatic nitrogens is 15. The van der Waals surface area contributed by atoms with Gasteiger partial charge < -0.3 is 66.1 Å². The van der Waals surface area contributed by atoms with Gasteiger partial charge in [0.05, 0.1) is 61.1 Å². The molecule has 0 radical (unpaired) electrons. The summed E-state index contributed by atoms with van der Waals surface area (Å²) in [6.07, 6.45) is 3.02. The third-order valence-electron chi connectivity index (χ3n) is 20.7. The highest BCUT2D eigenvalue weighted by Gasteiger charge is 2.22. The fourth-order valence-electron chi connectivity index (χ4n) is 14.8. The van der Waals surface area contributed by atoms with Crippen LogP contribution in [0.3, 0.4) is 0 Å². The predicted octanol–water partition coefficient (Wildman–Crippen LogP) is 9.12. The lowest BCUT2D eigenvalue weighted by molar-refractivity contribution is 0.240. The van der Waals surface area contributed by atoms with Gasteiger partial charge in [-0.3, -0.25) is 54.4 Å². The number of nitrogens with two attached hydrogens (primary N) is 5. The number of rotatable bonds is 19. The predicted molar refractivity (Wildman–Crippen MR) is 495 cm³/mol. The first kappa shape index (κ1) is 89.3. The second-order valence-electron chi connectivity index (χ2n) is 30.0. The summed E-state index contributed by atoms with van der Waals surface area (Å²) < 4.78 is 19.5. The standard InChI is InChI=1S/C23H22N4O2.C19H23N5O.2C18H20N4O2.C17H18N4O/c1-16-21-22(26-25-16)19-15-17(7-5-14-29-18-8-3-2-4-9-18)10-11-20(19)27(23(21)28)13-6-12-24;1-13-17-18(22-21-13)15-12-14(6-4-10-23(2)3)7-8-16(15)24(19(17)25)11-5-9-20;1-11(23)4-5-13-6-7-15-14(10-13)17-16(12(2)20-21-17)18(24)22(15)9-3-8-19;1-12-16-17(21-20-12)14-11-13(5-3-10-24-2)6-7-15(14)22(18(16)23)9-4-8-19;1-3-5-12-6-7-14-13(10-12)16-15(11(2)19-20-16)17(22)21(14)9-4-8-18/h2-4,8-11,15H,6,12-14,24H2,1H3,(H,25,26);7-8,12H,5,9-11,20H2,1-3H3,(H,21,22);6-7,10-11,23H,3,8-9,19H2,1-2H3,(H,20,21);6-7,11H,4,8-10,19H2,1-2H3,(H,20,21);6-7,10H,4,8-9,18H2,1-2H3,(H,19,20). The Bertz CT molecular complexity index is 7320. The van der Waals surface area contributed by atoms with Crippen LogP contribution < -0.4 is 61.2 Å². The van der Waals surface area contributed by atoms with Gasteiger partial charge in [-0.2, -0.15) is 25.5 Å². The van der Waals surface area contributed by atoms with E-state index in [1.165, 1.54) is 0 Å². The number of methoxy groups -OCH3 is 1. The summed E-state index contributed by atoms with van der Waals surface area (Å²) >= 11 is 0. The summed E-state index contributed by atoms with van der Waals surface area (Å²) in [6, 6.07) is 38.6. The Morgan fingerprint density at radius 3 is 0.935 bits per heavy atom. The molecule has 0 aliphatic heterocycles. The van der Waals surface area contributed by atoms with Crippen molar-refractivity contribution in [2.24, 2.45) is 28.7 Å². The van der Waals surface area contributed by atoms with Gasteiger partial charge in [0, 0.05) is 123 Å². The van der Waals surface area contributed by atoms with Gasteiger partial charge >= 0.3 is 0 Å². The van der Waals surface area contributed by atoms with E-state index in [-0.39, 0.29) is 27.8 Å². The van der Waals surface area contributed by atoms with Crippen molar-refractivity contribution in [3.8, 4) is 65.0 Å². The summed E-state index contributed by atoms with van der Waals surface area (Å²) in [4.78, 5) is 66.3. The van der Waals surface area contributed by atoms with Gasteiger partial charge in [0.25, 0.3) is 27.8 Å². The fraction of sp³-hybridized carbons (Fsp3) is 0.305. The molecule has 1 unspecified atom stereocenters. The number of ether oxygens (including phenoxy) is 2. The van der Waals surface area contributed by atoms with Crippen LogP contribution in [0.1, 0.15) is 102 Å². The number of nitrogens with one attached hydrogen (secondary N) is 5. The van der Waals surface area contributed by atoms with E-state index < -0.39 is 6.10 Å². The maximum atomic E-state index is 13.0. The van der Waals surface area contributed by atoms with Crippen molar-refractivity contribution in [2.75, 3.05) is 73.7 Å². The number of aromatic amines is 5. The molecule has 16 aromatic rings. The highest BCUT2D eigenvalue weighted by Crippen LogP contribution is 2.30. The average molecular weight is 1670 g/mol. The van der Waals surface area contributed by atoms with Crippen LogP contribution in [-0.2, 0) is 37.5 Å². The summed E-state index contributed by atoms with van der Waals surface area (Å²) in [5.74, 6) is 30.9. The van der Waals surface area contributed by atoms with E-state index in [1.54, 1.807) is 43.8 Å². The highest BCUT2D eigenvalue weighted by molar-refractivity contribution is 6.08. The topological polar surface area (TPSA) is 425 Å². The molecule has 29 nitrogen and oxygen atoms in total. The quantitative estimate of drug-likeness (QED) is 0.0336. The largest absolute Gasteiger partial charge is 0.481 e. The molecule has 16 rings (SSSR count). The number of hydrogen-bond acceptors (Lipinski definition) is 19. The molecule has 636 valence electrons. The van der Waals surface area contributed by atoms with E-state index in [1.807, 2.05) is 175 Å². The van der Waals surface area contributed by atoms with E-state index in [0.29, 0.717) is 140 Å². The van der Waals surface area contributed by atoms with E-state index in [2.05, 4.69) is 110 Å². The summed E-state index contributed by atoms with van der Waals surface area (Å²) in [5.41, 5.74) is 43.8. The van der Waals surface area contributed by atoms with Gasteiger partial charge in [-0.25, -0.2) is 0 Å². The molecule has 124 heavy (non-hydrogen) atoms. The number of nitrogens with zero attached hydrogens (tertiary/aromatic N) is 11. The average Bonchev–Trinajstić information content (AvgIpc) is 1.56. The summed E-state index contributed by atoms with van der Waals surface area (Å²) in [5, 5.41) is 53.3. The normalized spacial score (nSPS) is 11.2. The van der Waals surface area contributed by atoms with Crippen molar-refractivity contribution in [1.29, 1.82) is 0 Å². The summed E-state index contributed by atoms with van der Waals surface area (Å²) in [7, 11) is 5.59. The van der Waals surface area contributed by atoms with Crippen LogP contribution in [0.2, 0.25) is 0 Å². The molecule has 10 heterocycles. The van der Waals surface area contributed by atoms with Gasteiger partial charge in [-0.05, 0) is 231 Å². The molecule has 10 aromatic heterocycles. The van der Waals surface area contributed by atoms with Gasteiger partial charge in [0.1, 0.15) is 52.7 Å². The first-order valence-electron chi connectivity index (χ1n) is 41.1.